The molecule has 0 saturated carbocycles. The molecule has 3 heterocycles. The van der Waals surface area contributed by atoms with Crippen LogP contribution in [0, 0.1) is 13.8 Å². The Labute approximate surface area is 214 Å². The van der Waals surface area contributed by atoms with Crippen molar-refractivity contribution in [1.82, 2.24) is 4.90 Å². The molecule has 7 nitrogen and oxygen atoms in total. The second kappa shape index (κ2) is 9.00. The summed E-state index contributed by atoms with van der Waals surface area (Å²) in [6.07, 6.45) is 0.905. The lowest BCUT2D eigenvalue weighted by molar-refractivity contribution is 0.0714. The fourth-order valence-electron chi connectivity index (χ4n) is 4.99. The highest BCUT2D eigenvalue weighted by molar-refractivity contribution is 5.99. The van der Waals surface area contributed by atoms with Gasteiger partial charge in [0, 0.05) is 6.54 Å². The van der Waals surface area contributed by atoms with E-state index in [4.69, 9.17) is 18.6 Å². The lowest BCUT2D eigenvalue weighted by Crippen LogP contribution is -2.29. The quantitative estimate of drug-likeness (QED) is 0.341. The zero-order chi connectivity index (χ0) is 25.7. The molecule has 1 aromatic heterocycles. The Bertz CT molecular complexity index is 1590. The van der Waals surface area contributed by atoms with Gasteiger partial charge in [0.25, 0.3) is 5.91 Å². The summed E-state index contributed by atoms with van der Waals surface area (Å²) in [7, 11) is 0. The Hall–Kier alpha value is -4.26. The van der Waals surface area contributed by atoms with Gasteiger partial charge in [0.2, 0.25) is 12.6 Å². The molecule has 4 aromatic rings. The van der Waals surface area contributed by atoms with Crippen molar-refractivity contribution in [3.05, 3.63) is 98.4 Å². The van der Waals surface area contributed by atoms with Gasteiger partial charge >= 0.3 is 0 Å². The summed E-state index contributed by atoms with van der Waals surface area (Å²) in [5.41, 5.74) is 4.27. The number of carbonyl (C=O) groups is 1. The van der Waals surface area contributed by atoms with E-state index in [0.29, 0.717) is 34.6 Å². The van der Waals surface area contributed by atoms with Gasteiger partial charge in [-0.2, -0.15) is 0 Å². The van der Waals surface area contributed by atoms with Gasteiger partial charge in [0.1, 0.15) is 11.3 Å². The van der Waals surface area contributed by atoms with Gasteiger partial charge in [0.15, 0.2) is 16.9 Å². The third-order valence-corrected chi connectivity index (χ3v) is 7.04. The lowest BCUT2D eigenvalue weighted by Gasteiger charge is -2.25. The van der Waals surface area contributed by atoms with E-state index >= 15 is 0 Å². The Kier molecular flexibility index (Phi) is 5.63. The molecule has 188 valence electrons. The third-order valence-electron chi connectivity index (χ3n) is 7.04. The van der Waals surface area contributed by atoms with Crippen molar-refractivity contribution in [1.29, 1.82) is 0 Å². The Morgan fingerprint density at radius 2 is 1.70 bits per heavy atom. The second-order valence-corrected chi connectivity index (χ2v) is 9.55. The number of ether oxygens (including phenoxy) is 3. The number of hydrogen-bond acceptors (Lipinski definition) is 6. The van der Waals surface area contributed by atoms with Crippen LogP contribution in [0.2, 0.25) is 0 Å². The number of nitrogens with zero attached hydrogens (tertiary/aromatic N) is 1. The van der Waals surface area contributed by atoms with Gasteiger partial charge in [-0.15, -0.1) is 0 Å². The van der Waals surface area contributed by atoms with E-state index in [0.717, 1.165) is 34.4 Å². The number of carbonyl (C=O) groups excluding carboxylic acids is 1. The number of fused-ring (bicyclic) bond motifs is 3. The first-order valence-electron chi connectivity index (χ1n) is 12.4. The van der Waals surface area contributed by atoms with Crippen LogP contribution in [0.15, 0.2) is 63.8 Å². The van der Waals surface area contributed by atoms with Gasteiger partial charge in [-0.1, -0.05) is 25.1 Å². The van der Waals surface area contributed by atoms with Gasteiger partial charge in [-0.25, -0.2) is 0 Å². The maximum Gasteiger partial charge on any atom is 0.291 e. The largest absolute Gasteiger partial charge is 0.494 e. The second-order valence-electron chi connectivity index (χ2n) is 9.55. The first-order valence-corrected chi connectivity index (χ1v) is 12.4. The molecule has 37 heavy (non-hydrogen) atoms. The van der Waals surface area contributed by atoms with Crippen LogP contribution >= 0.6 is 0 Å². The highest BCUT2D eigenvalue weighted by Gasteiger charge is 2.43. The predicted molar refractivity (Wildman–Crippen MR) is 138 cm³/mol. The van der Waals surface area contributed by atoms with Crippen molar-refractivity contribution in [3.8, 4) is 17.2 Å². The Morgan fingerprint density at radius 3 is 2.49 bits per heavy atom. The minimum atomic E-state index is -0.601. The van der Waals surface area contributed by atoms with E-state index in [-0.39, 0.29) is 30.4 Å². The molecule has 0 N–H and O–H groups in total. The van der Waals surface area contributed by atoms with Crippen molar-refractivity contribution in [2.75, 3.05) is 13.4 Å². The molecule has 2 aliphatic rings. The normalized spacial score (nSPS) is 15.9. The molecule has 1 amide bonds. The first-order chi connectivity index (χ1) is 17.9. The summed E-state index contributed by atoms with van der Waals surface area (Å²) < 4.78 is 22.9. The number of amides is 1. The van der Waals surface area contributed by atoms with E-state index in [2.05, 4.69) is 6.92 Å². The highest BCUT2D eigenvalue weighted by atomic mass is 16.7. The standard InChI is InChI=1S/C30H27NO6/c1-4-11-34-21-8-6-20(7-9-21)27-26-28(32)22-12-17(2)18(3)13-24(22)37-29(26)30(33)31(27)15-19-5-10-23-25(14-19)36-16-35-23/h5-10,12-14,27H,4,11,15-16H2,1-3H3. The highest BCUT2D eigenvalue weighted by Crippen LogP contribution is 2.41. The molecule has 3 aromatic carbocycles. The molecular formula is C30H27NO6. The molecule has 0 spiro atoms. The predicted octanol–water partition coefficient (Wildman–Crippen LogP) is 5.67. The Balaban J connectivity index is 1.48. The molecule has 6 rings (SSSR count). The topological polar surface area (TPSA) is 78.2 Å². The molecule has 0 fully saturated rings. The zero-order valence-corrected chi connectivity index (χ0v) is 21.0. The van der Waals surface area contributed by atoms with Crippen LogP contribution in [0.5, 0.6) is 17.2 Å². The number of aryl methyl sites for hydroxylation is 2. The smallest absolute Gasteiger partial charge is 0.291 e. The zero-order valence-electron chi connectivity index (χ0n) is 21.0. The molecule has 2 aliphatic heterocycles. The van der Waals surface area contributed by atoms with Crippen LogP contribution in [0.3, 0.4) is 0 Å². The molecule has 1 unspecified atom stereocenters. The van der Waals surface area contributed by atoms with Gasteiger partial charge in [-0.05, 0) is 78.9 Å². The monoisotopic (exact) mass is 497 g/mol. The van der Waals surface area contributed by atoms with Crippen molar-refractivity contribution in [3.63, 3.8) is 0 Å². The summed E-state index contributed by atoms with van der Waals surface area (Å²) in [6, 6.07) is 16.3. The van der Waals surface area contributed by atoms with Crippen LogP contribution in [-0.4, -0.2) is 24.2 Å². The van der Waals surface area contributed by atoms with Crippen LogP contribution in [-0.2, 0) is 6.54 Å². The van der Waals surface area contributed by atoms with Crippen molar-refractivity contribution in [2.24, 2.45) is 0 Å². The van der Waals surface area contributed by atoms with Crippen molar-refractivity contribution < 1.29 is 23.4 Å². The van der Waals surface area contributed by atoms with Gasteiger partial charge < -0.3 is 23.5 Å². The summed E-state index contributed by atoms with van der Waals surface area (Å²) >= 11 is 0. The lowest BCUT2D eigenvalue weighted by atomic mass is 9.97. The molecule has 0 saturated heterocycles. The molecular weight excluding hydrogens is 470 g/mol. The molecule has 7 heteroatoms. The molecule has 0 bridgehead atoms. The van der Waals surface area contributed by atoms with E-state index in [9.17, 15) is 9.59 Å². The number of benzene rings is 3. The average molecular weight is 498 g/mol. The van der Waals surface area contributed by atoms with Crippen LogP contribution < -0.4 is 19.6 Å². The van der Waals surface area contributed by atoms with E-state index < -0.39 is 6.04 Å². The fraction of sp³-hybridized carbons (Fsp3) is 0.267. The van der Waals surface area contributed by atoms with E-state index in [1.165, 1.54) is 0 Å². The molecule has 0 radical (unpaired) electrons. The summed E-state index contributed by atoms with van der Waals surface area (Å²) in [6.45, 7) is 7.04. The van der Waals surface area contributed by atoms with Crippen LogP contribution in [0.25, 0.3) is 11.0 Å². The van der Waals surface area contributed by atoms with Crippen molar-refractivity contribution >= 4 is 16.9 Å². The molecule has 1 atom stereocenters. The minimum absolute atomic E-state index is 0.0952. The maximum absolute atomic E-state index is 13.9. The SMILES string of the molecule is CCCOc1ccc(C2c3c(oc4cc(C)c(C)cc4c3=O)C(=O)N2Cc2ccc3c(c2)OCO3)cc1. The van der Waals surface area contributed by atoms with Gasteiger partial charge in [0.05, 0.1) is 23.6 Å². The van der Waals surface area contributed by atoms with Crippen molar-refractivity contribution in [2.45, 2.75) is 39.8 Å². The number of hydrogen-bond donors (Lipinski definition) is 0. The third kappa shape index (κ3) is 3.91. The fourth-order valence-corrected chi connectivity index (χ4v) is 4.99. The van der Waals surface area contributed by atoms with Crippen LogP contribution in [0.1, 0.15) is 57.8 Å². The summed E-state index contributed by atoms with van der Waals surface area (Å²) in [5.74, 6) is 1.84. The molecule has 0 aliphatic carbocycles. The maximum atomic E-state index is 13.9. The van der Waals surface area contributed by atoms with Gasteiger partial charge in [-0.3, -0.25) is 9.59 Å². The van der Waals surface area contributed by atoms with E-state index in [1.807, 2.05) is 68.4 Å². The Morgan fingerprint density at radius 1 is 0.946 bits per heavy atom. The van der Waals surface area contributed by atoms with Crippen LogP contribution in [0.4, 0.5) is 0 Å². The summed E-state index contributed by atoms with van der Waals surface area (Å²) in [4.78, 5) is 29.3. The summed E-state index contributed by atoms with van der Waals surface area (Å²) in [5, 5.41) is 0.479. The van der Waals surface area contributed by atoms with E-state index in [1.54, 1.807) is 4.90 Å². The first kappa shape index (κ1) is 23.2. The minimum Gasteiger partial charge on any atom is -0.494 e. The average Bonchev–Trinajstić information content (AvgIpc) is 3.47. The number of rotatable bonds is 6.